The Labute approximate surface area is 122 Å². The van der Waals surface area contributed by atoms with Crippen molar-refractivity contribution in [2.24, 2.45) is 11.1 Å². The van der Waals surface area contributed by atoms with Gasteiger partial charge in [0.15, 0.2) is 0 Å². The van der Waals surface area contributed by atoms with Crippen molar-refractivity contribution < 1.29 is 19.5 Å². The summed E-state index contributed by atoms with van der Waals surface area (Å²) in [6.07, 6.45) is 2.74. The number of aliphatic carboxylic acids is 1. The predicted molar refractivity (Wildman–Crippen MR) is 76.4 cm³/mol. The molecule has 0 spiro atoms. The number of rotatable bonds is 6. The zero-order valence-electron chi connectivity index (χ0n) is 11.7. The second kappa shape index (κ2) is 6.83. The molecule has 0 aliphatic carbocycles. The van der Waals surface area contributed by atoms with Crippen LogP contribution < -0.4 is 11.1 Å². The Morgan fingerprint density at radius 1 is 1.50 bits per heavy atom. The van der Waals surface area contributed by atoms with E-state index in [-0.39, 0.29) is 6.54 Å². The zero-order chi connectivity index (χ0) is 15.3. The van der Waals surface area contributed by atoms with Gasteiger partial charge >= 0.3 is 12.0 Å². The lowest BCUT2D eigenvalue weighted by Crippen LogP contribution is -2.48. The Bertz CT molecular complexity index is 404. The van der Waals surface area contributed by atoms with Gasteiger partial charge in [0, 0.05) is 13.1 Å². The summed E-state index contributed by atoms with van der Waals surface area (Å²) < 4.78 is 0. The summed E-state index contributed by atoms with van der Waals surface area (Å²) >= 11 is 1.52. The average molecular weight is 303 g/mol. The number of nitrogens with two attached hydrogens (primary N) is 1. The number of hydrogen-bond donors (Lipinski definition) is 3. The number of carbonyl (C=O) groups excluding carboxylic acids is 2. The number of primary amides is 1. The summed E-state index contributed by atoms with van der Waals surface area (Å²) in [7, 11) is 0. The quantitative estimate of drug-likeness (QED) is 0.644. The molecule has 0 bridgehead atoms. The van der Waals surface area contributed by atoms with Crippen molar-refractivity contribution in [2.75, 3.05) is 25.1 Å². The van der Waals surface area contributed by atoms with Crippen LogP contribution in [0.15, 0.2) is 0 Å². The van der Waals surface area contributed by atoms with Gasteiger partial charge in [0.1, 0.15) is 6.04 Å². The number of carbonyl (C=O) groups is 3. The summed E-state index contributed by atoms with van der Waals surface area (Å²) in [6, 6.07) is -1.36. The summed E-state index contributed by atoms with van der Waals surface area (Å²) in [5, 5.41) is 11.6. The van der Waals surface area contributed by atoms with Crippen molar-refractivity contribution in [3.05, 3.63) is 0 Å². The van der Waals surface area contributed by atoms with Crippen LogP contribution in [-0.2, 0) is 9.59 Å². The van der Waals surface area contributed by atoms with E-state index in [1.807, 2.05) is 6.26 Å². The van der Waals surface area contributed by atoms with Crippen LogP contribution in [0.25, 0.3) is 0 Å². The minimum Gasteiger partial charge on any atom is -0.480 e. The van der Waals surface area contributed by atoms with E-state index in [1.165, 1.54) is 16.7 Å². The van der Waals surface area contributed by atoms with Crippen LogP contribution in [-0.4, -0.2) is 59.1 Å². The number of likely N-dealkylation sites (tertiary alicyclic amines) is 1. The highest BCUT2D eigenvalue weighted by molar-refractivity contribution is 7.98. The van der Waals surface area contributed by atoms with Crippen molar-refractivity contribution in [1.29, 1.82) is 0 Å². The van der Waals surface area contributed by atoms with Gasteiger partial charge < -0.3 is 21.1 Å². The Balaban J connectivity index is 2.58. The minimum atomic E-state index is -1.05. The molecule has 1 saturated heterocycles. The fourth-order valence-corrected chi connectivity index (χ4v) is 2.54. The molecule has 114 valence electrons. The zero-order valence-corrected chi connectivity index (χ0v) is 12.5. The maximum atomic E-state index is 12.0. The molecule has 8 heteroatoms. The highest BCUT2D eigenvalue weighted by Crippen LogP contribution is 2.29. The molecule has 0 saturated carbocycles. The molecule has 20 heavy (non-hydrogen) atoms. The summed E-state index contributed by atoms with van der Waals surface area (Å²) in [6.45, 7) is 2.34. The lowest BCUT2D eigenvalue weighted by atomic mass is 9.89. The van der Waals surface area contributed by atoms with E-state index < -0.39 is 29.4 Å². The lowest BCUT2D eigenvalue weighted by Gasteiger charge is -2.23. The van der Waals surface area contributed by atoms with E-state index in [0.29, 0.717) is 25.1 Å². The number of carboxylic acid groups (broad SMARTS) is 1. The first-order chi connectivity index (χ1) is 9.30. The lowest BCUT2D eigenvalue weighted by molar-refractivity contribution is -0.139. The number of nitrogens with one attached hydrogen (secondary N) is 1. The fraction of sp³-hybridized carbons (Fsp3) is 0.750. The first-order valence-electron chi connectivity index (χ1n) is 6.37. The Hall–Kier alpha value is -1.44. The summed E-state index contributed by atoms with van der Waals surface area (Å²) in [4.78, 5) is 35.9. The van der Waals surface area contributed by atoms with Crippen LogP contribution in [0.2, 0.25) is 0 Å². The third-order valence-electron chi connectivity index (χ3n) is 3.56. The highest BCUT2D eigenvalue weighted by Gasteiger charge is 2.41. The number of urea groups is 1. The second-order valence-corrected chi connectivity index (χ2v) is 6.20. The molecule has 1 rings (SSSR count). The molecule has 0 aromatic rings. The molecule has 7 nitrogen and oxygen atoms in total. The van der Waals surface area contributed by atoms with Crippen molar-refractivity contribution >= 4 is 29.7 Å². The molecule has 1 fully saturated rings. The Morgan fingerprint density at radius 2 is 2.15 bits per heavy atom. The van der Waals surface area contributed by atoms with Gasteiger partial charge in [0.25, 0.3) is 0 Å². The minimum absolute atomic E-state index is 0.225. The van der Waals surface area contributed by atoms with Crippen LogP contribution in [0.4, 0.5) is 4.79 Å². The van der Waals surface area contributed by atoms with Crippen molar-refractivity contribution in [3.63, 3.8) is 0 Å². The SMILES string of the molecule is CSCC[C@H](NC(=O)N1CCC(C)(C(N)=O)C1)C(=O)O. The number of amides is 3. The Morgan fingerprint density at radius 3 is 2.60 bits per heavy atom. The van der Waals surface area contributed by atoms with Gasteiger partial charge in [-0.3, -0.25) is 4.79 Å². The monoisotopic (exact) mass is 303 g/mol. The van der Waals surface area contributed by atoms with Gasteiger partial charge in [0.05, 0.1) is 5.41 Å². The molecule has 0 aromatic carbocycles. The number of carboxylic acids is 1. The first-order valence-corrected chi connectivity index (χ1v) is 7.76. The smallest absolute Gasteiger partial charge is 0.326 e. The molecular weight excluding hydrogens is 282 g/mol. The standard InChI is InChI=1S/C12H21N3O4S/c1-12(10(13)18)4-5-15(7-12)11(19)14-8(9(16)17)3-6-20-2/h8H,3-7H2,1-2H3,(H2,13,18)(H,14,19)(H,16,17)/t8-,12?/m0/s1. The van der Waals surface area contributed by atoms with Crippen LogP contribution in [0.1, 0.15) is 19.8 Å². The molecular formula is C12H21N3O4S. The second-order valence-electron chi connectivity index (χ2n) is 5.22. The highest BCUT2D eigenvalue weighted by atomic mass is 32.2. The summed E-state index contributed by atoms with van der Waals surface area (Å²) in [5.41, 5.74) is 4.59. The van der Waals surface area contributed by atoms with Crippen LogP contribution >= 0.6 is 11.8 Å². The summed E-state index contributed by atoms with van der Waals surface area (Å²) in [5.74, 6) is -0.842. The molecule has 1 heterocycles. The van der Waals surface area contributed by atoms with Gasteiger partial charge in [-0.05, 0) is 31.8 Å². The van der Waals surface area contributed by atoms with Gasteiger partial charge in [-0.25, -0.2) is 9.59 Å². The van der Waals surface area contributed by atoms with Crippen LogP contribution in [0, 0.1) is 5.41 Å². The van der Waals surface area contributed by atoms with E-state index in [9.17, 15) is 14.4 Å². The number of hydrogen-bond acceptors (Lipinski definition) is 4. The molecule has 4 N–H and O–H groups in total. The molecule has 1 aliphatic heterocycles. The molecule has 1 unspecified atom stereocenters. The number of nitrogens with zero attached hydrogens (tertiary/aromatic N) is 1. The molecule has 1 aliphatic rings. The van der Waals surface area contributed by atoms with Crippen molar-refractivity contribution in [2.45, 2.75) is 25.8 Å². The average Bonchev–Trinajstić information content (AvgIpc) is 2.78. The molecule has 0 aromatic heterocycles. The van der Waals surface area contributed by atoms with E-state index in [4.69, 9.17) is 10.8 Å². The van der Waals surface area contributed by atoms with Crippen LogP contribution in [0.3, 0.4) is 0 Å². The van der Waals surface area contributed by atoms with Crippen molar-refractivity contribution in [1.82, 2.24) is 10.2 Å². The normalized spacial score (nSPS) is 23.4. The maximum absolute atomic E-state index is 12.0. The van der Waals surface area contributed by atoms with Gasteiger partial charge in [0.2, 0.25) is 5.91 Å². The van der Waals surface area contributed by atoms with E-state index in [1.54, 1.807) is 6.92 Å². The van der Waals surface area contributed by atoms with Crippen molar-refractivity contribution in [3.8, 4) is 0 Å². The van der Waals surface area contributed by atoms with E-state index >= 15 is 0 Å². The Kier molecular flexibility index (Phi) is 5.67. The first kappa shape index (κ1) is 16.6. The predicted octanol–water partition coefficient (Wildman–Crippen LogP) is 0.0996. The van der Waals surface area contributed by atoms with Gasteiger partial charge in [-0.2, -0.15) is 11.8 Å². The molecule has 2 atom stereocenters. The van der Waals surface area contributed by atoms with E-state index in [2.05, 4.69) is 5.32 Å². The third-order valence-corrected chi connectivity index (χ3v) is 4.21. The van der Waals surface area contributed by atoms with Gasteiger partial charge in [-0.1, -0.05) is 0 Å². The van der Waals surface area contributed by atoms with E-state index in [0.717, 1.165) is 0 Å². The van der Waals surface area contributed by atoms with Crippen LogP contribution in [0.5, 0.6) is 0 Å². The van der Waals surface area contributed by atoms with Gasteiger partial charge in [-0.15, -0.1) is 0 Å². The maximum Gasteiger partial charge on any atom is 0.326 e. The topological polar surface area (TPSA) is 113 Å². The largest absolute Gasteiger partial charge is 0.480 e. The number of thioether (sulfide) groups is 1. The molecule has 0 radical (unpaired) electrons. The fourth-order valence-electron chi connectivity index (χ4n) is 2.07. The molecule has 3 amide bonds. The third kappa shape index (κ3) is 4.03.